The molecule has 1 aliphatic carbocycles. The first-order valence-corrected chi connectivity index (χ1v) is 6.21. The van der Waals surface area contributed by atoms with E-state index in [0.29, 0.717) is 6.42 Å². The summed E-state index contributed by atoms with van der Waals surface area (Å²) in [7, 11) is 0. The number of hydrogen-bond acceptors (Lipinski definition) is 3. The van der Waals surface area contributed by atoms with E-state index in [-0.39, 0.29) is 12.5 Å². The number of hydrogen-bond donors (Lipinski definition) is 2. The van der Waals surface area contributed by atoms with E-state index in [1.165, 1.54) is 0 Å². The van der Waals surface area contributed by atoms with Crippen LogP contribution in [0.25, 0.3) is 0 Å². The molecular formula is C15H18NO3. The van der Waals surface area contributed by atoms with E-state index in [0.717, 1.165) is 5.56 Å². The summed E-state index contributed by atoms with van der Waals surface area (Å²) in [6.45, 7) is 7.45. The average molecular weight is 260 g/mol. The molecule has 0 aliphatic heterocycles. The van der Waals surface area contributed by atoms with Gasteiger partial charge in [-0.2, -0.15) is 0 Å². The van der Waals surface area contributed by atoms with Crippen LogP contribution in [0.4, 0.5) is 4.79 Å². The molecule has 1 aromatic carbocycles. The van der Waals surface area contributed by atoms with Gasteiger partial charge < -0.3 is 15.2 Å². The van der Waals surface area contributed by atoms with Crippen molar-refractivity contribution in [1.29, 1.82) is 0 Å². The normalized spacial score (nSPS) is 26.3. The van der Waals surface area contributed by atoms with Crippen molar-refractivity contribution in [2.45, 2.75) is 24.7 Å². The monoisotopic (exact) mass is 260 g/mol. The Hall–Kier alpha value is -1.81. The van der Waals surface area contributed by atoms with Crippen LogP contribution in [0.15, 0.2) is 43.0 Å². The number of ether oxygens (including phenoxy) is 1. The molecule has 2 N–H and O–H groups in total. The van der Waals surface area contributed by atoms with Crippen molar-refractivity contribution in [2.75, 3.05) is 0 Å². The molecule has 101 valence electrons. The number of aliphatic hydroxyl groups is 1. The van der Waals surface area contributed by atoms with Crippen molar-refractivity contribution in [2.24, 2.45) is 5.92 Å². The summed E-state index contributed by atoms with van der Waals surface area (Å²) in [4.78, 5) is 11.7. The van der Waals surface area contributed by atoms with Crippen LogP contribution in [0.1, 0.15) is 12.0 Å². The number of carbonyl (C=O) groups is 1. The fraction of sp³-hybridized carbons (Fsp3) is 0.333. The minimum Gasteiger partial charge on any atom is -0.445 e. The highest BCUT2D eigenvalue weighted by Gasteiger charge is 2.57. The molecule has 1 fully saturated rings. The van der Waals surface area contributed by atoms with Crippen LogP contribution in [-0.4, -0.2) is 22.8 Å². The van der Waals surface area contributed by atoms with E-state index in [4.69, 9.17) is 4.74 Å². The van der Waals surface area contributed by atoms with E-state index in [1.54, 1.807) is 6.08 Å². The molecule has 1 aromatic rings. The minimum absolute atomic E-state index is 0.0456. The Morgan fingerprint density at radius 1 is 1.58 bits per heavy atom. The lowest BCUT2D eigenvalue weighted by atomic mass is 10.1. The molecule has 2 rings (SSSR count). The maximum atomic E-state index is 11.7. The van der Waals surface area contributed by atoms with Crippen LogP contribution in [0.2, 0.25) is 0 Å². The predicted molar refractivity (Wildman–Crippen MR) is 72.2 cm³/mol. The molecule has 1 amide bonds. The molecule has 1 radical (unpaired) electrons. The van der Waals surface area contributed by atoms with Gasteiger partial charge in [0, 0.05) is 5.92 Å². The number of aliphatic hydroxyl groups excluding tert-OH is 1. The van der Waals surface area contributed by atoms with Gasteiger partial charge >= 0.3 is 6.09 Å². The zero-order valence-corrected chi connectivity index (χ0v) is 10.7. The second-order valence-electron chi connectivity index (χ2n) is 4.79. The van der Waals surface area contributed by atoms with E-state index >= 15 is 0 Å². The Labute approximate surface area is 113 Å². The van der Waals surface area contributed by atoms with E-state index in [1.807, 2.05) is 30.3 Å². The zero-order chi connectivity index (χ0) is 13.9. The Bertz CT molecular complexity index is 458. The molecule has 1 aliphatic rings. The van der Waals surface area contributed by atoms with Crippen molar-refractivity contribution >= 4 is 6.09 Å². The third-order valence-electron chi connectivity index (χ3n) is 3.49. The van der Waals surface area contributed by atoms with Gasteiger partial charge in [0.25, 0.3) is 0 Å². The van der Waals surface area contributed by atoms with Crippen LogP contribution < -0.4 is 5.32 Å². The molecule has 4 heteroatoms. The van der Waals surface area contributed by atoms with Gasteiger partial charge in [0.05, 0.1) is 11.6 Å². The van der Waals surface area contributed by atoms with Crippen molar-refractivity contribution in [1.82, 2.24) is 5.32 Å². The molecule has 4 nitrogen and oxygen atoms in total. The molecule has 0 saturated heterocycles. The maximum Gasteiger partial charge on any atom is 0.408 e. The summed E-state index contributed by atoms with van der Waals surface area (Å²) in [6, 6.07) is 9.42. The molecule has 0 bridgehead atoms. The minimum atomic E-state index is -0.875. The van der Waals surface area contributed by atoms with Crippen LogP contribution in [0, 0.1) is 12.8 Å². The summed E-state index contributed by atoms with van der Waals surface area (Å²) >= 11 is 0. The van der Waals surface area contributed by atoms with E-state index in [9.17, 15) is 9.90 Å². The van der Waals surface area contributed by atoms with E-state index < -0.39 is 17.7 Å². The quantitative estimate of drug-likeness (QED) is 0.797. The largest absolute Gasteiger partial charge is 0.445 e. The highest BCUT2D eigenvalue weighted by atomic mass is 16.5. The van der Waals surface area contributed by atoms with Crippen molar-refractivity contribution < 1.29 is 14.6 Å². The molecule has 3 unspecified atom stereocenters. The van der Waals surface area contributed by atoms with Gasteiger partial charge in [-0.1, -0.05) is 36.4 Å². The highest BCUT2D eigenvalue weighted by Crippen LogP contribution is 2.46. The first-order chi connectivity index (χ1) is 9.08. The van der Waals surface area contributed by atoms with Gasteiger partial charge in [0.1, 0.15) is 6.61 Å². The fourth-order valence-electron chi connectivity index (χ4n) is 2.16. The first-order valence-electron chi connectivity index (χ1n) is 6.21. The summed E-state index contributed by atoms with van der Waals surface area (Å²) < 4.78 is 5.12. The number of amides is 1. The van der Waals surface area contributed by atoms with Gasteiger partial charge in [-0.15, -0.1) is 6.58 Å². The Kier molecular flexibility index (Phi) is 3.90. The van der Waals surface area contributed by atoms with E-state index in [2.05, 4.69) is 18.8 Å². The molecule has 3 atom stereocenters. The number of rotatable bonds is 5. The number of alkyl carbamates (subject to hydrolysis) is 1. The van der Waals surface area contributed by atoms with Gasteiger partial charge in [0.2, 0.25) is 0 Å². The van der Waals surface area contributed by atoms with Gasteiger partial charge in [-0.25, -0.2) is 4.79 Å². The fourth-order valence-corrected chi connectivity index (χ4v) is 2.16. The lowest BCUT2D eigenvalue weighted by molar-refractivity contribution is 0.109. The summed E-state index contributed by atoms with van der Waals surface area (Å²) in [5, 5.41) is 12.3. The SMILES string of the molecule is [CH2]C(O)C1(NC(=O)OCc2ccccc2)CC1C=C. The van der Waals surface area contributed by atoms with Crippen LogP contribution in [0.3, 0.4) is 0 Å². The Morgan fingerprint density at radius 3 is 2.79 bits per heavy atom. The first kappa shape index (κ1) is 13.6. The smallest absolute Gasteiger partial charge is 0.408 e. The average Bonchev–Trinajstić information content (AvgIpc) is 3.12. The Morgan fingerprint density at radius 2 is 2.26 bits per heavy atom. The lowest BCUT2D eigenvalue weighted by Gasteiger charge is -2.21. The topological polar surface area (TPSA) is 58.6 Å². The van der Waals surface area contributed by atoms with Gasteiger partial charge in [-0.3, -0.25) is 0 Å². The molecular weight excluding hydrogens is 242 g/mol. The Balaban J connectivity index is 1.86. The number of benzene rings is 1. The summed E-state index contributed by atoms with van der Waals surface area (Å²) in [5.41, 5.74) is 0.202. The van der Waals surface area contributed by atoms with Crippen LogP contribution >= 0.6 is 0 Å². The highest BCUT2D eigenvalue weighted by molar-refractivity contribution is 5.69. The van der Waals surface area contributed by atoms with Gasteiger partial charge in [0.15, 0.2) is 0 Å². The number of carbonyl (C=O) groups excluding carboxylic acids is 1. The third-order valence-corrected chi connectivity index (χ3v) is 3.49. The molecule has 1 saturated carbocycles. The second kappa shape index (κ2) is 5.45. The number of nitrogens with one attached hydrogen (secondary N) is 1. The molecule has 0 heterocycles. The standard InChI is InChI=1S/C15H18NO3/c1-3-13-9-15(13,11(2)17)16-14(18)19-10-12-7-5-4-6-8-12/h3-8,11,13,17H,1-2,9-10H2,(H,16,18). The second-order valence-corrected chi connectivity index (χ2v) is 4.79. The third kappa shape index (κ3) is 2.96. The lowest BCUT2D eigenvalue weighted by Crippen LogP contribution is -2.46. The van der Waals surface area contributed by atoms with Crippen LogP contribution in [0.5, 0.6) is 0 Å². The zero-order valence-electron chi connectivity index (χ0n) is 10.7. The molecule has 19 heavy (non-hydrogen) atoms. The summed E-state index contributed by atoms with van der Waals surface area (Å²) in [6.07, 6.45) is 0.934. The molecule has 0 aromatic heterocycles. The van der Waals surface area contributed by atoms with Crippen LogP contribution in [-0.2, 0) is 11.3 Å². The molecule has 0 spiro atoms. The summed E-state index contributed by atoms with van der Waals surface area (Å²) in [5.74, 6) is 0.0456. The predicted octanol–water partition coefficient (Wildman–Crippen LogP) is 2.05. The van der Waals surface area contributed by atoms with Crippen molar-refractivity contribution in [3.63, 3.8) is 0 Å². The maximum absolute atomic E-state index is 11.7. The van der Waals surface area contributed by atoms with Crippen molar-refractivity contribution in [3.8, 4) is 0 Å². The van der Waals surface area contributed by atoms with Gasteiger partial charge in [-0.05, 0) is 18.9 Å². The van der Waals surface area contributed by atoms with Crippen molar-refractivity contribution in [3.05, 3.63) is 55.5 Å².